The van der Waals surface area contributed by atoms with Gasteiger partial charge in [0.05, 0.1) is 19.9 Å². The molecule has 0 unspecified atom stereocenters. The summed E-state index contributed by atoms with van der Waals surface area (Å²) in [5.41, 5.74) is 1.96. The first-order valence-corrected chi connectivity index (χ1v) is 11.6. The van der Waals surface area contributed by atoms with E-state index in [1.165, 1.54) is 24.9 Å². The molecule has 0 spiro atoms. The van der Waals surface area contributed by atoms with Crippen molar-refractivity contribution >= 4 is 23.5 Å². The molecule has 0 radical (unpaired) electrons. The van der Waals surface area contributed by atoms with Crippen LogP contribution in [0.5, 0.6) is 11.6 Å². The van der Waals surface area contributed by atoms with E-state index in [0.717, 1.165) is 17.9 Å². The van der Waals surface area contributed by atoms with Crippen LogP contribution in [0.4, 0.5) is 5.69 Å². The SMILES string of the molecule is COC(=O)CN1Cc2ccc(N3CC[C@@H](Oc4ccc(OCCC5CC5)nc4)C3=O)cc2C1=O. The number of hydrogen-bond acceptors (Lipinski definition) is 7. The summed E-state index contributed by atoms with van der Waals surface area (Å²) in [6.07, 6.45) is 5.13. The molecule has 0 bridgehead atoms. The number of rotatable bonds is 9. The number of methoxy groups -OCH3 is 1. The van der Waals surface area contributed by atoms with Gasteiger partial charge in [0.25, 0.3) is 11.8 Å². The quantitative estimate of drug-likeness (QED) is 0.525. The van der Waals surface area contributed by atoms with Crippen LogP contribution in [0.1, 0.15) is 41.6 Å². The highest BCUT2D eigenvalue weighted by molar-refractivity contribution is 6.03. The monoisotopic (exact) mass is 465 g/mol. The molecule has 34 heavy (non-hydrogen) atoms. The second-order valence-corrected chi connectivity index (χ2v) is 8.88. The number of fused-ring (bicyclic) bond motifs is 1. The second kappa shape index (κ2) is 9.32. The Morgan fingerprint density at radius 2 is 2.00 bits per heavy atom. The van der Waals surface area contributed by atoms with E-state index in [2.05, 4.69) is 9.72 Å². The molecule has 2 fully saturated rings. The van der Waals surface area contributed by atoms with Crippen molar-refractivity contribution in [3.8, 4) is 11.6 Å². The summed E-state index contributed by atoms with van der Waals surface area (Å²) in [5.74, 6) is 0.993. The zero-order chi connectivity index (χ0) is 23.7. The zero-order valence-electron chi connectivity index (χ0n) is 19.1. The lowest BCUT2D eigenvalue weighted by Gasteiger charge is -2.18. The van der Waals surface area contributed by atoms with Crippen LogP contribution in [0.15, 0.2) is 36.5 Å². The van der Waals surface area contributed by atoms with Crippen LogP contribution in [-0.2, 0) is 20.9 Å². The van der Waals surface area contributed by atoms with Gasteiger partial charge in [-0.1, -0.05) is 18.9 Å². The molecule has 1 atom stereocenters. The molecule has 178 valence electrons. The van der Waals surface area contributed by atoms with Crippen LogP contribution >= 0.6 is 0 Å². The maximum atomic E-state index is 13.0. The molecule has 1 saturated heterocycles. The van der Waals surface area contributed by atoms with E-state index in [1.54, 1.807) is 29.3 Å². The Hall–Kier alpha value is -3.62. The molecule has 9 heteroatoms. The molecule has 1 aromatic heterocycles. The van der Waals surface area contributed by atoms with Gasteiger partial charge in [-0.25, -0.2) is 4.98 Å². The summed E-state index contributed by atoms with van der Waals surface area (Å²) in [6.45, 7) is 1.39. The van der Waals surface area contributed by atoms with Gasteiger partial charge in [0, 0.05) is 36.8 Å². The number of nitrogens with zero attached hydrogens (tertiary/aromatic N) is 3. The van der Waals surface area contributed by atoms with Crippen LogP contribution < -0.4 is 14.4 Å². The van der Waals surface area contributed by atoms with Crippen molar-refractivity contribution in [1.29, 1.82) is 0 Å². The summed E-state index contributed by atoms with van der Waals surface area (Å²) in [7, 11) is 1.29. The van der Waals surface area contributed by atoms with Crippen LogP contribution in [0.2, 0.25) is 0 Å². The smallest absolute Gasteiger partial charge is 0.325 e. The molecule has 5 rings (SSSR count). The average molecular weight is 466 g/mol. The van der Waals surface area contributed by atoms with Crippen LogP contribution in [0.25, 0.3) is 0 Å². The Morgan fingerprint density at radius 3 is 2.74 bits per heavy atom. The molecule has 9 nitrogen and oxygen atoms in total. The topological polar surface area (TPSA) is 98.3 Å². The summed E-state index contributed by atoms with van der Waals surface area (Å²) in [5, 5.41) is 0. The number of anilines is 1. The Balaban J connectivity index is 1.19. The van der Waals surface area contributed by atoms with Gasteiger partial charge in [-0.3, -0.25) is 14.4 Å². The van der Waals surface area contributed by atoms with Crippen LogP contribution in [0, 0.1) is 5.92 Å². The van der Waals surface area contributed by atoms with E-state index in [0.29, 0.717) is 49.0 Å². The molecule has 0 N–H and O–H groups in total. The average Bonchev–Trinajstić information content (AvgIpc) is 3.54. The van der Waals surface area contributed by atoms with E-state index in [4.69, 9.17) is 9.47 Å². The van der Waals surface area contributed by atoms with Gasteiger partial charge in [-0.15, -0.1) is 0 Å². The Morgan fingerprint density at radius 1 is 1.15 bits per heavy atom. The molecule has 3 heterocycles. The van der Waals surface area contributed by atoms with Gasteiger partial charge >= 0.3 is 5.97 Å². The minimum absolute atomic E-state index is 0.101. The number of carbonyl (C=O) groups is 3. The lowest BCUT2D eigenvalue weighted by Crippen LogP contribution is -2.32. The second-order valence-electron chi connectivity index (χ2n) is 8.88. The number of ether oxygens (including phenoxy) is 3. The fourth-order valence-electron chi connectivity index (χ4n) is 4.31. The first kappa shape index (κ1) is 22.2. The summed E-state index contributed by atoms with van der Waals surface area (Å²) < 4.78 is 16.2. The molecule has 1 aliphatic carbocycles. The zero-order valence-corrected chi connectivity index (χ0v) is 19.1. The molecule has 2 amide bonds. The first-order chi connectivity index (χ1) is 16.5. The summed E-state index contributed by atoms with van der Waals surface area (Å²) in [4.78, 5) is 44.6. The number of amides is 2. The minimum atomic E-state index is -0.622. The number of aromatic nitrogens is 1. The molecule has 1 saturated carbocycles. The van der Waals surface area contributed by atoms with Crippen molar-refractivity contribution in [2.45, 2.75) is 38.3 Å². The maximum Gasteiger partial charge on any atom is 0.325 e. The van der Waals surface area contributed by atoms with Crippen LogP contribution in [0.3, 0.4) is 0 Å². The molecule has 3 aliphatic rings. The molecular formula is C25H27N3O6. The van der Waals surface area contributed by atoms with Gasteiger partial charge in [0.2, 0.25) is 5.88 Å². The molecule has 2 aliphatic heterocycles. The standard InChI is InChI=1S/C25H27N3O6/c1-32-23(29)15-27-14-17-4-5-18(12-20(17)24(27)30)28-10-8-21(25(28)31)34-19-6-7-22(26-13-19)33-11-9-16-2-3-16/h4-7,12-13,16,21H,2-3,8-11,14-15H2,1H3/t21-/m1/s1. The van der Waals surface area contributed by atoms with Gasteiger partial charge in [-0.05, 0) is 36.1 Å². The number of hydrogen-bond donors (Lipinski definition) is 0. The van der Waals surface area contributed by atoms with Gasteiger partial charge in [0.1, 0.15) is 12.3 Å². The Kier molecular flexibility index (Phi) is 6.08. The van der Waals surface area contributed by atoms with Crippen molar-refractivity contribution in [3.63, 3.8) is 0 Å². The van der Waals surface area contributed by atoms with Crippen LogP contribution in [-0.4, -0.2) is 60.6 Å². The third-order valence-electron chi connectivity index (χ3n) is 6.45. The number of carbonyl (C=O) groups excluding carboxylic acids is 3. The predicted molar refractivity (Wildman–Crippen MR) is 122 cm³/mol. The third kappa shape index (κ3) is 4.69. The number of benzene rings is 1. The largest absolute Gasteiger partial charge is 0.479 e. The van der Waals surface area contributed by atoms with E-state index < -0.39 is 12.1 Å². The van der Waals surface area contributed by atoms with E-state index in [9.17, 15) is 14.4 Å². The maximum absolute atomic E-state index is 13.0. The third-order valence-corrected chi connectivity index (χ3v) is 6.45. The van der Waals surface area contributed by atoms with Crippen molar-refractivity contribution in [2.75, 3.05) is 31.7 Å². The van der Waals surface area contributed by atoms with Gasteiger partial charge in [-0.2, -0.15) is 0 Å². The predicted octanol–water partition coefficient (Wildman–Crippen LogP) is 2.57. The fraction of sp³-hybridized carbons (Fsp3) is 0.440. The Bertz CT molecular complexity index is 1100. The summed E-state index contributed by atoms with van der Waals surface area (Å²) in [6, 6.07) is 8.88. The summed E-state index contributed by atoms with van der Waals surface area (Å²) >= 11 is 0. The van der Waals surface area contributed by atoms with E-state index >= 15 is 0 Å². The highest BCUT2D eigenvalue weighted by Gasteiger charge is 2.36. The minimum Gasteiger partial charge on any atom is -0.479 e. The van der Waals surface area contributed by atoms with Gasteiger partial charge < -0.3 is 24.0 Å². The first-order valence-electron chi connectivity index (χ1n) is 11.6. The molecule has 1 aromatic carbocycles. The molecule has 2 aromatic rings. The molecular weight excluding hydrogens is 438 g/mol. The number of pyridine rings is 1. The normalized spacial score (nSPS) is 19.4. The van der Waals surface area contributed by atoms with Crippen molar-refractivity contribution < 1.29 is 28.6 Å². The number of esters is 1. The highest BCUT2D eigenvalue weighted by Crippen LogP contribution is 2.33. The van der Waals surface area contributed by atoms with E-state index in [1.807, 2.05) is 12.1 Å². The van der Waals surface area contributed by atoms with Crippen molar-refractivity contribution in [3.05, 3.63) is 47.7 Å². The van der Waals surface area contributed by atoms with Crippen molar-refractivity contribution in [1.82, 2.24) is 9.88 Å². The van der Waals surface area contributed by atoms with Crippen molar-refractivity contribution in [2.24, 2.45) is 5.92 Å². The van der Waals surface area contributed by atoms with E-state index in [-0.39, 0.29) is 18.4 Å². The fourth-order valence-corrected chi connectivity index (χ4v) is 4.31. The highest BCUT2D eigenvalue weighted by atomic mass is 16.5. The van der Waals surface area contributed by atoms with Gasteiger partial charge in [0.15, 0.2) is 6.10 Å². The Labute approximate surface area is 197 Å². The lowest BCUT2D eigenvalue weighted by atomic mass is 10.1. The lowest BCUT2D eigenvalue weighted by molar-refractivity contribution is -0.141.